The molecule has 3 heterocycles. The summed E-state index contributed by atoms with van der Waals surface area (Å²) in [5, 5.41) is 0. The number of fused-ring (bicyclic) bond motifs is 5. The minimum Gasteiger partial charge on any atom is -0.360 e. The van der Waals surface area contributed by atoms with Gasteiger partial charge in [-0.05, 0) is 30.7 Å². The number of carbonyl (C=O) groups is 1. The molecule has 0 bridgehead atoms. The normalized spacial score (nSPS) is 20.4. The van der Waals surface area contributed by atoms with E-state index in [-0.39, 0.29) is 5.78 Å². The predicted octanol–water partition coefficient (Wildman–Crippen LogP) is 2.69. The molecule has 1 aromatic carbocycles. The number of para-hydroxylation sites is 1. The molecule has 1 unspecified atom stereocenters. The second kappa shape index (κ2) is 5.85. The molecule has 4 heteroatoms. The average molecular weight is 309 g/mol. The lowest BCUT2D eigenvalue weighted by Crippen LogP contribution is -2.49. The molecule has 1 atom stereocenters. The molecular formula is C19H23N3O. The van der Waals surface area contributed by atoms with E-state index in [9.17, 15) is 4.79 Å². The van der Waals surface area contributed by atoms with E-state index >= 15 is 0 Å². The van der Waals surface area contributed by atoms with Gasteiger partial charge in [-0.2, -0.15) is 0 Å². The van der Waals surface area contributed by atoms with E-state index in [2.05, 4.69) is 57.0 Å². The summed E-state index contributed by atoms with van der Waals surface area (Å²) < 4.78 is 2.37. The first kappa shape index (κ1) is 14.5. The van der Waals surface area contributed by atoms with Gasteiger partial charge in [0.15, 0.2) is 0 Å². The van der Waals surface area contributed by atoms with Crippen molar-refractivity contribution in [2.75, 3.05) is 31.1 Å². The minimum absolute atomic E-state index is 0.280. The van der Waals surface area contributed by atoms with Crippen molar-refractivity contribution >= 4 is 11.5 Å². The van der Waals surface area contributed by atoms with Crippen LogP contribution in [0, 0.1) is 0 Å². The molecule has 0 spiro atoms. The van der Waals surface area contributed by atoms with Gasteiger partial charge in [-0.15, -0.1) is 0 Å². The van der Waals surface area contributed by atoms with Crippen LogP contribution in [-0.4, -0.2) is 41.4 Å². The SMILES string of the molecule is CC(=O)CCN1CCN2c3ccccc3Cn3cccc3C2C1. The molecule has 2 aliphatic heterocycles. The summed E-state index contributed by atoms with van der Waals surface area (Å²) in [5.74, 6) is 0.280. The Balaban J connectivity index is 1.66. The van der Waals surface area contributed by atoms with E-state index in [0.29, 0.717) is 12.5 Å². The second-order valence-corrected chi connectivity index (χ2v) is 6.65. The van der Waals surface area contributed by atoms with Crippen LogP contribution in [-0.2, 0) is 11.3 Å². The van der Waals surface area contributed by atoms with Crippen LogP contribution in [0.5, 0.6) is 0 Å². The van der Waals surface area contributed by atoms with Gasteiger partial charge in [0.1, 0.15) is 5.78 Å². The Bertz CT molecular complexity index is 721. The van der Waals surface area contributed by atoms with Crippen molar-refractivity contribution in [3.8, 4) is 0 Å². The Hall–Kier alpha value is -2.07. The van der Waals surface area contributed by atoms with Crippen LogP contribution >= 0.6 is 0 Å². The van der Waals surface area contributed by atoms with E-state index in [1.54, 1.807) is 6.92 Å². The molecule has 1 saturated heterocycles. The van der Waals surface area contributed by atoms with E-state index in [0.717, 1.165) is 32.7 Å². The lowest BCUT2D eigenvalue weighted by atomic mass is 10.1. The topological polar surface area (TPSA) is 28.5 Å². The minimum atomic E-state index is 0.280. The maximum Gasteiger partial charge on any atom is 0.131 e. The number of aromatic nitrogens is 1. The Morgan fingerprint density at radius 2 is 2.04 bits per heavy atom. The number of hydrogen-bond acceptors (Lipinski definition) is 3. The fourth-order valence-electron chi connectivity index (χ4n) is 3.88. The van der Waals surface area contributed by atoms with Gasteiger partial charge in [-0.25, -0.2) is 0 Å². The molecule has 4 rings (SSSR count). The van der Waals surface area contributed by atoms with E-state index in [4.69, 9.17) is 0 Å². The molecule has 2 aromatic rings. The number of piperazine rings is 1. The number of Topliss-reactive ketones (excluding diaryl/α,β-unsaturated/α-hetero) is 1. The van der Waals surface area contributed by atoms with Crippen molar-refractivity contribution in [3.05, 3.63) is 53.9 Å². The Kier molecular flexibility index (Phi) is 3.69. The summed E-state index contributed by atoms with van der Waals surface area (Å²) in [6.45, 7) is 6.54. The zero-order chi connectivity index (χ0) is 15.8. The van der Waals surface area contributed by atoms with Crippen molar-refractivity contribution in [3.63, 3.8) is 0 Å². The van der Waals surface area contributed by atoms with Crippen molar-refractivity contribution in [2.45, 2.75) is 25.9 Å². The van der Waals surface area contributed by atoms with Crippen molar-refractivity contribution in [1.29, 1.82) is 0 Å². The predicted molar refractivity (Wildman–Crippen MR) is 91.8 cm³/mol. The highest BCUT2D eigenvalue weighted by Gasteiger charge is 2.33. The summed E-state index contributed by atoms with van der Waals surface area (Å²) in [6, 6.07) is 13.5. The number of carbonyl (C=O) groups excluding carboxylic acids is 1. The molecule has 0 saturated carbocycles. The van der Waals surface area contributed by atoms with Crippen molar-refractivity contribution < 1.29 is 4.79 Å². The van der Waals surface area contributed by atoms with Crippen molar-refractivity contribution in [2.24, 2.45) is 0 Å². The summed E-state index contributed by atoms with van der Waals surface area (Å²) >= 11 is 0. The molecule has 4 nitrogen and oxygen atoms in total. The standard InChI is InChI=1S/C19H23N3O/c1-15(23)8-10-20-11-12-22-17-6-3-2-5-16(17)13-21-9-4-7-18(21)19(22)14-20/h2-7,9,19H,8,10-14H2,1H3. The molecule has 0 amide bonds. The largest absolute Gasteiger partial charge is 0.360 e. The molecule has 0 radical (unpaired) electrons. The van der Waals surface area contributed by atoms with Crippen molar-refractivity contribution in [1.82, 2.24) is 9.47 Å². The smallest absolute Gasteiger partial charge is 0.131 e. The van der Waals surface area contributed by atoms with Gasteiger partial charge < -0.3 is 9.47 Å². The van der Waals surface area contributed by atoms with Gasteiger partial charge in [-0.3, -0.25) is 9.69 Å². The summed E-state index contributed by atoms with van der Waals surface area (Å²) in [4.78, 5) is 16.3. The number of rotatable bonds is 3. The van der Waals surface area contributed by atoms with Gasteiger partial charge in [0.2, 0.25) is 0 Å². The number of hydrogen-bond donors (Lipinski definition) is 0. The van der Waals surface area contributed by atoms with E-state index in [1.165, 1.54) is 16.9 Å². The van der Waals surface area contributed by atoms with E-state index < -0.39 is 0 Å². The Morgan fingerprint density at radius 3 is 2.91 bits per heavy atom. The van der Waals surface area contributed by atoms with Gasteiger partial charge >= 0.3 is 0 Å². The van der Waals surface area contributed by atoms with Gasteiger partial charge in [0, 0.05) is 56.7 Å². The Morgan fingerprint density at radius 1 is 1.17 bits per heavy atom. The van der Waals surface area contributed by atoms with Gasteiger partial charge in [0.25, 0.3) is 0 Å². The highest BCUT2D eigenvalue weighted by atomic mass is 16.1. The van der Waals surface area contributed by atoms with Crippen LogP contribution in [0.25, 0.3) is 0 Å². The lowest BCUT2D eigenvalue weighted by Gasteiger charge is -2.42. The lowest BCUT2D eigenvalue weighted by molar-refractivity contribution is -0.117. The number of nitrogens with zero attached hydrogens (tertiary/aromatic N) is 3. The fourth-order valence-corrected chi connectivity index (χ4v) is 3.88. The molecule has 0 N–H and O–H groups in total. The van der Waals surface area contributed by atoms with Crippen LogP contribution in [0.3, 0.4) is 0 Å². The zero-order valence-corrected chi connectivity index (χ0v) is 13.6. The summed E-state index contributed by atoms with van der Waals surface area (Å²) in [5.41, 5.74) is 4.14. The summed E-state index contributed by atoms with van der Waals surface area (Å²) in [7, 11) is 0. The highest BCUT2D eigenvalue weighted by Crippen LogP contribution is 2.36. The fraction of sp³-hybridized carbons (Fsp3) is 0.421. The van der Waals surface area contributed by atoms with Crippen LogP contribution in [0.2, 0.25) is 0 Å². The monoisotopic (exact) mass is 309 g/mol. The molecule has 23 heavy (non-hydrogen) atoms. The van der Waals surface area contributed by atoms with E-state index in [1.807, 2.05) is 0 Å². The van der Waals surface area contributed by atoms with Crippen LogP contribution in [0.15, 0.2) is 42.6 Å². The van der Waals surface area contributed by atoms with Crippen LogP contribution in [0.4, 0.5) is 5.69 Å². The maximum absolute atomic E-state index is 11.3. The number of benzene rings is 1. The summed E-state index contributed by atoms with van der Waals surface area (Å²) in [6.07, 6.45) is 2.84. The molecule has 120 valence electrons. The molecule has 2 aliphatic rings. The quantitative estimate of drug-likeness (QED) is 0.873. The van der Waals surface area contributed by atoms with Crippen LogP contribution < -0.4 is 4.90 Å². The third-order valence-electron chi connectivity index (χ3n) is 5.09. The maximum atomic E-state index is 11.3. The molecule has 1 fully saturated rings. The second-order valence-electron chi connectivity index (χ2n) is 6.65. The first-order valence-electron chi connectivity index (χ1n) is 8.44. The molecule has 0 aliphatic carbocycles. The Labute approximate surface area is 137 Å². The first-order chi connectivity index (χ1) is 11.2. The third kappa shape index (κ3) is 2.68. The molecule has 1 aromatic heterocycles. The zero-order valence-electron chi connectivity index (χ0n) is 13.6. The average Bonchev–Trinajstić information content (AvgIpc) is 2.97. The highest BCUT2D eigenvalue weighted by molar-refractivity contribution is 5.75. The van der Waals surface area contributed by atoms with Gasteiger partial charge in [-0.1, -0.05) is 18.2 Å². The van der Waals surface area contributed by atoms with Gasteiger partial charge in [0.05, 0.1) is 6.04 Å². The third-order valence-corrected chi connectivity index (χ3v) is 5.09. The number of anilines is 1. The number of ketones is 1. The molecular weight excluding hydrogens is 286 g/mol. The van der Waals surface area contributed by atoms with Crippen LogP contribution in [0.1, 0.15) is 30.6 Å². The first-order valence-corrected chi connectivity index (χ1v) is 8.44.